The predicted octanol–water partition coefficient (Wildman–Crippen LogP) is 5.44. The average molecular weight is 415 g/mol. The van der Waals surface area contributed by atoms with E-state index in [9.17, 15) is 14.4 Å². The van der Waals surface area contributed by atoms with Gasteiger partial charge in [-0.3, -0.25) is 9.59 Å². The highest BCUT2D eigenvalue weighted by atomic mass is 16.5. The number of Topliss-reactive ketones (excluding diaryl/α,β-unsaturated/α-hetero) is 1. The average Bonchev–Trinajstić information content (AvgIpc) is 2.97. The highest BCUT2D eigenvalue weighted by molar-refractivity contribution is 6.00. The molecule has 7 atom stereocenters. The van der Waals surface area contributed by atoms with Crippen molar-refractivity contribution in [1.29, 1.82) is 0 Å². The summed E-state index contributed by atoms with van der Waals surface area (Å²) in [5, 5.41) is 0. The number of ketones is 1. The van der Waals surface area contributed by atoms with Crippen LogP contribution in [0.5, 0.6) is 0 Å². The minimum Gasteiger partial charge on any atom is -0.463 e. The number of hydrogen-bond donors (Lipinski definition) is 0. The third kappa shape index (κ3) is 3.39. The second-order valence-electron chi connectivity index (χ2n) is 11.1. The molecule has 4 aliphatic rings. The lowest BCUT2D eigenvalue weighted by molar-refractivity contribution is -0.152. The molecule has 0 bridgehead atoms. The summed E-state index contributed by atoms with van der Waals surface area (Å²) < 4.78 is 5.57. The van der Waals surface area contributed by atoms with Gasteiger partial charge in [-0.1, -0.05) is 26.3 Å². The molecular formula is C26H38O4. The van der Waals surface area contributed by atoms with Crippen LogP contribution in [0.25, 0.3) is 0 Å². The zero-order chi connectivity index (χ0) is 21.7. The highest BCUT2D eigenvalue weighted by Crippen LogP contribution is 2.65. The van der Waals surface area contributed by atoms with Gasteiger partial charge in [0.25, 0.3) is 0 Å². The number of esters is 1. The molecule has 0 spiro atoms. The molecule has 166 valence electrons. The van der Waals surface area contributed by atoms with Gasteiger partial charge >= 0.3 is 5.97 Å². The number of aldehydes is 1. The lowest BCUT2D eigenvalue weighted by atomic mass is 9.48. The van der Waals surface area contributed by atoms with E-state index in [-0.39, 0.29) is 22.9 Å². The van der Waals surface area contributed by atoms with Crippen molar-refractivity contribution in [3.8, 4) is 0 Å². The SMILES string of the molecule is CC(=O)OC1CC[C@@]2(C)[C@@H](CCC3=C4C(=O)C[C@H]([C@H](C)CCC=O)[C@@]4(C)CC[C@@H]32)C1. The summed E-state index contributed by atoms with van der Waals surface area (Å²) in [7, 11) is 0. The monoisotopic (exact) mass is 414 g/mol. The van der Waals surface area contributed by atoms with Crippen LogP contribution in [-0.4, -0.2) is 24.1 Å². The van der Waals surface area contributed by atoms with Gasteiger partial charge in [0, 0.05) is 25.3 Å². The van der Waals surface area contributed by atoms with Crippen LogP contribution in [0.4, 0.5) is 0 Å². The maximum Gasteiger partial charge on any atom is 0.302 e. The topological polar surface area (TPSA) is 60.4 Å². The van der Waals surface area contributed by atoms with Crippen molar-refractivity contribution >= 4 is 18.0 Å². The largest absolute Gasteiger partial charge is 0.463 e. The maximum atomic E-state index is 13.3. The molecule has 30 heavy (non-hydrogen) atoms. The molecule has 3 fully saturated rings. The number of ether oxygens (including phenoxy) is 1. The second kappa shape index (κ2) is 7.91. The molecule has 1 unspecified atom stereocenters. The fraction of sp³-hybridized carbons (Fsp3) is 0.808. The van der Waals surface area contributed by atoms with Crippen LogP contribution in [0.2, 0.25) is 0 Å². The lowest BCUT2D eigenvalue weighted by Crippen LogP contribution is -2.49. The number of allylic oxidation sites excluding steroid dienone is 2. The van der Waals surface area contributed by atoms with Crippen molar-refractivity contribution < 1.29 is 19.1 Å². The first-order valence-corrected chi connectivity index (χ1v) is 12.1. The number of fused-ring (bicyclic) bond motifs is 4. The third-order valence-corrected chi connectivity index (χ3v) is 9.57. The van der Waals surface area contributed by atoms with Crippen molar-refractivity contribution in [2.75, 3.05) is 0 Å². The van der Waals surface area contributed by atoms with Crippen molar-refractivity contribution in [3.05, 3.63) is 11.1 Å². The first-order valence-electron chi connectivity index (χ1n) is 12.1. The molecule has 0 aromatic carbocycles. The minimum absolute atomic E-state index is 0.0106. The summed E-state index contributed by atoms with van der Waals surface area (Å²) in [4.78, 5) is 35.6. The summed E-state index contributed by atoms with van der Waals surface area (Å²) in [6.07, 6.45) is 10.6. The van der Waals surface area contributed by atoms with E-state index < -0.39 is 0 Å². The molecule has 4 nitrogen and oxygen atoms in total. The van der Waals surface area contributed by atoms with E-state index in [1.165, 1.54) is 24.5 Å². The van der Waals surface area contributed by atoms with Crippen LogP contribution >= 0.6 is 0 Å². The Morgan fingerprint density at radius 1 is 1.23 bits per heavy atom. The minimum atomic E-state index is -0.165. The molecule has 3 saturated carbocycles. The molecular weight excluding hydrogens is 376 g/mol. The smallest absolute Gasteiger partial charge is 0.302 e. The Balaban J connectivity index is 1.61. The summed E-state index contributed by atoms with van der Waals surface area (Å²) in [6, 6.07) is 0. The Bertz CT molecular complexity index is 767. The van der Waals surface area contributed by atoms with Gasteiger partial charge in [-0.25, -0.2) is 0 Å². The van der Waals surface area contributed by atoms with Gasteiger partial charge in [-0.2, -0.15) is 0 Å². The van der Waals surface area contributed by atoms with E-state index in [0.29, 0.717) is 42.3 Å². The fourth-order valence-electron chi connectivity index (χ4n) is 8.03. The molecule has 0 N–H and O–H groups in total. The van der Waals surface area contributed by atoms with Crippen molar-refractivity contribution in [2.45, 2.75) is 98.0 Å². The molecule has 0 amide bonds. The zero-order valence-corrected chi connectivity index (χ0v) is 19.2. The molecule has 4 rings (SSSR count). The van der Waals surface area contributed by atoms with Crippen LogP contribution in [0.1, 0.15) is 91.9 Å². The summed E-state index contributed by atoms with van der Waals surface area (Å²) >= 11 is 0. The summed E-state index contributed by atoms with van der Waals surface area (Å²) in [6.45, 7) is 8.53. The molecule has 0 aliphatic heterocycles. The standard InChI is InChI=1S/C26H38O4/c1-16(6-5-13-27)22-15-23(29)24-20-8-7-18-14-19(30-17(2)28)9-11-25(18,3)21(20)10-12-26(22,24)4/h13,16,18-19,21-22H,5-12,14-15H2,1-4H3/t16-,18+,19?,21+,22-,25+,26-/m1/s1. The van der Waals surface area contributed by atoms with Gasteiger partial charge in [0.2, 0.25) is 0 Å². The van der Waals surface area contributed by atoms with Crippen molar-refractivity contribution in [3.63, 3.8) is 0 Å². The van der Waals surface area contributed by atoms with Crippen LogP contribution < -0.4 is 0 Å². The van der Waals surface area contributed by atoms with E-state index in [1.807, 2.05) is 0 Å². The number of hydrogen-bond acceptors (Lipinski definition) is 4. The second-order valence-corrected chi connectivity index (χ2v) is 11.1. The molecule has 0 aromatic heterocycles. The number of rotatable bonds is 5. The van der Waals surface area contributed by atoms with Crippen LogP contribution in [0.3, 0.4) is 0 Å². The Morgan fingerprint density at radius 2 is 2.00 bits per heavy atom. The van der Waals surface area contributed by atoms with Gasteiger partial charge in [0.15, 0.2) is 5.78 Å². The third-order valence-electron chi connectivity index (χ3n) is 9.57. The molecule has 0 radical (unpaired) electrons. The number of carbonyl (C=O) groups excluding carboxylic acids is 3. The molecule has 0 aromatic rings. The van der Waals surface area contributed by atoms with Crippen molar-refractivity contribution in [1.82, 2.24) is 0 Å². The van der Waals surface area contributed by atoms with Gasteiger partial charge in [0.05, 0.1) is 0 Å². The van der Waals surface area contributed by atoms with Crippen molar-refractivity contribution in [2.24, 2.45) is 34.5 Å². The van der Waals surface area contributed by atoms with Crippen LogP contribution in [0, 0.1) is 34.5 Å². The first-order chi connectivity index (χ1) is 14.2. The molecule has 0 saturated heterocycles. The Morgan fingerprint density at radius 3 is 2.70 bits per heavy atom. The molecule has 0 heterocycles. The van der Waals surface area contributed by atoms with E-state index in [4.69, 9.17) is 4.74 Å². The van der Waals surface area contributed by atoms with E-state index in [2.05, 4.69) is 20.8 Å². The highest BCUT2D eigenvalue weighted by Gasteiger charge is 2.58. The summed E-state index contributed by atoms with van der Waals surface area (Å²) in [5.74, 6) is 2.08. The van der Waals surface area contributed by atoms with Gasteiger partial charge in [-0.05, 0) is 85.9 Å². The zero-order valence-electron chi connectivity index (χ0n) is 19.2. The Kier molecular flexibility index (Phi) is 5.74. The van der Waals surface area contributed by atoms with E-state index >= 15 is 0 Å². The molecule has 4 aliphatic carbocycles. The molecule has 4 heteroatoms. The van der Waals surface area contributed by atoms with E-state index in [0.717, 1.165) is 51.2 Å². The first kappa shape index (κ1) is 21.8. The normalized spacial score (nSPS) is 41.5. The quantitative estimate of drug-likeness (QED) is 0.444. The Hall–Kier alpha value is -1.45. The Labute approximate surface area is 181 Å². The van der Waals surface area contributed by atoms with Gasteiger partial charge in [0.1, 0.15) is 12.4 Å². The number of carbonyl (C=O) groups is 3. The maximum absolute atomic E-state index is 13.3. The van der Waals surface area contributed by atoms with E-state index in [1.54, 1.807) is 0 Å². The van der Waals surface area contributed by atoms with Crippen LogP contribution in [-0.2, 0) is 19.1 Å². The lowest BCUT2D eigenvalue weighted by Gasteiger charge is -2.56. The van der Waals surface area contributed by atoms with Gasteiger partial charge in [-0.15, -0.1) is 0 Å². The predicted molar refractivity (Wildman–Crippen MR) is 116 cm³/mol. The summed E-state index contributed by atoms with van der Waals surface area (Å²) in [5.41, 5.74) is 2.87. The van der Waals surface area contributed by atoms with Crippen LogP contribution in [0.15, 0.2) is 11.1 Å². The van der Waals surface area contributed by atoms with Gasteiger partial charge < -0.3 is 9.53 Å². The fourth-order valence-corrected chi connectivity index (χ4v) is 8.03.